The van der Waals surface area contributed by atoms with Gasteiger partial charge in [0, 0.05) is 44.4 Å². The average molecular weight is 499 g/mol. The van der Waals surface area contributed by atoms with Crippen LogP contribution < -0.4 is 0 Å². The number of rotatable bonds is 7. The van der Waals surface area contributed by atoms with Gasteiger partial charge < -0.3 is 9.64 Å². The topological polar surface area (TPSA) is 50.6 Å². The van der Waals surface area contributed by atoms with Gasteiger partial charge in [0.1, 0.15) is 6.61 Å². The van der Waals surface area contributed by atoms with Crippen LogP contribution in [-0.2, 0) is 10.9 Å². The van der Waals surface area contributed by atoms with E-state index in [0.717, 1.165) is 6.20 Å². The minimum absolute atomic E-state index is 0.0592. The number of halogens is 7. The maximum Gasteiger partial charge on any atom is 0.434 e. The maximum atomic E-state index is 13.8. The minimum Gasteiger partial charge on any atom is -0.372 e. The van der Waals surface area contributed by atoms with Crippen molar-refractivity contribution in [3.8, 4) is 5.69 Å². The van der Waals surface area contributed by atoms with Gasteiger partial charge in [-0.3, -0.25) is 9.69 Å². The fourth-order valence-corrected chi connectivity index (χ4v) is 3.69. The quantitative estimate of drug-likeness (QED) is 0.422. The molecule has 13 heteroatoms. The molecule has 0 atom stereocenters. The molecule has 182 valence electrons. The average Bonchev–Trinajstić information content (AvgIpc) is 3.18. The van der Waals surface area contributed by atoms with Gasteiger partial charge in [0.2, 0.25) is 0 Å². The second-order valence-corrected chi connectivity index (χ2v) is 7.89. The lowest BCUT2D eigenvalue weighted by atomic mass is 10.1. The molecule has 0 spiro atoms. The smallest absolute Gasteiger partial charge is 0.372 e. The lowest BCUT2D eigenvalue weighted by molar-refractivity contribution is -0.174. The van der Waals surface area contributed by atoms with Crippen LogP contribution in [0, 0.1) is 0 Å². The minimum atomic E-state index is -4.83. The molecule has 0 radical (unpaired) electrons. The normalized spacial score (nSPS) is 15.8. The third-order valence-corrected chi connectivity index (χ3v) is 5.24. The molecule has 1 fully saturated rings. The Kier molecular flexibility index (Phi) is 7.91. The van der Waals surface area contributed by atoms with Gasteiger partial charge in [-0.2, -0.15) is 31.4 Å². The second kappa shape index (κ2) is 10.3. The summed E-state index contributed by atoms with van der Waals surface area (Å²) in [6.45, 7) is 0.226. The first-order valence-electron chi connectivity index (χ1n) is 10.0. The van der Waals surface area contributed by atoms with Crippen molar-refractivity contribution in [3.63, 3.8) is 0 Å². The Bertz CT molecular complexity index is 955. The fraction of sp³-hybridized carbons (Fsp3) is 0.500. The Morgan fingerprint density at radius 3 is 2.39 bits per heavy atom. The van der Waals surface area contributed by atoms with Crippen LogP contribution in [0.25, 0.3) is 5.69 Å². The van der Waals surface area contributed by atoms with Crippen LogP contribution in [0.2, 0.25) is 5.02 Å². The van der Waals surface area contributed by atoms with Gasteiger partial charge in [-0.1, -0.05) is 17.7 Å². The molecular formula is C20H21ClF6N4O2. The van der Waals surface area contributed by atoms with E-state index in [1.54, 1.807) is 0 Å². The summed E-state index contributed by atoms with van der Waals surface area (Å²) in [4.78, 5) is 16.1. The summed E-state index contributed by atoms with van der Waals surface area (Å²) >= 11 is 5.88. The summed E-state index contributed by atoms with van der Waals surface area (Å²) in [5.41, 5.74) is -1.66. The van der Waals surface area contributed by atoms with Crippen LogP contribution >= 0.6 is 11.6 Å². The van der Waals surface area contributed by atoms with E-state index in [4.69, 9.17) is 11.6 Å². The Morgan fingerprint density at radius 2 is 1.79 bits per heavy atom. The molecule has 1 aromatic heterocycles. The zero-order chi connectivity index (χ0) is 24.2. The monoisotopic (exact) mass is 498 g/mol. The number of carbonyl (C=O) groups excluding carboxylic acids is 1. The molecule has 3 rings (SSSR count). The standard InChI is InChI=1S/C20H21ClF6N4O2/c21-14-3-1-4-15(11-14)31-17(20(25,26)27)16(12-28-31)18(32)30-8-6-29(7-9-30)5-2-10-33-13-19(22,23)24/h1,3-4,11-12H,2,5-10,13H2. The molecule has 33 heavy (non-hydrogen) atoms. The first-order valence-corrected chi connectivity index (χ1v) is 10.4. The third kappa shape index (κ3) is 6.84. The molecule has 6 nitrogen and oxygen atoms in total. The third-order valence-electron chi connectivity index (χ3n) is 5.01. The molecule has 0 unspecified atom stereocenters. The van der Waals surface area contributed by atoms with Gasteiger partial charge >= 0.3 is 12.4 Å². The van der Waals surface area contributed by atoms with Gasteiger partial charge in [-0.25, -0.2) is 4.68 Å². The summed E-state index contributed by atoms with van der Waals surface area (Å²) in [6, 6.07) is 5.71. The number of nitrogens with zero attached hydrogens (tertiary/aromatic N) is 4. The van der Waals surface area contributed by atoms with E-state index in [2.05, 4.69) is 9.84 Å². The predicted octanol–water partition coefficient (Wildman–Crippen LogP) is 4.27. The van der Waals surface area contributed by atoms with E-state index in [-0.39, 0.29) is 30.4 Å². The number of benzene rings is 1. The van der Waals surface area contributed by atoms with E-state index in [0.29, 0.717) is 30.7 Å². The number of hydrogen-bond acceptors (Lipinski definition) is 4. The molecule has 1 aliphatic heterocycles. The number of alkyl halides is 6. The number of aromatic nitrogens is 2. The Balaban J connectivity index is 1.62. The predicted molar refractivity (Wildman–Crippen MR) is 107 cm³/mol. The van der Waals surface area contributed by atoms with E-state index >= 15 is 0 Å². The molecule has 1 aromatic carbocycles. The van der Waals surface area contributed by atoms with Crippen LogP contribution in [0.3, 0.4) is 0 Å². The second-order valence-electron chi connectivity index (χ2n) is 7.45. The van der Waals surface area contributed by atoms with Gasteiger partial charge in [-0.05, 0) is 24.6 Å². The van der Waals surface area contributed by atoms with Crippen LogP contribution in [0.15, 0.2) is 30.5 Å². The van der Waals surface area contributed by atoms with E-state index in [9.17, 15) is 31.1 Å². The number of carbonyl (C=O) groups is 1. The Morgan fingerprint density at radius 1 is 1.09 bits per heavy atom. The molecule has 1 amide bonds. The first kappa shape index (κ1) is 25.3. The van der Waals surface area contributed by atoms with Crippen LogP contribution in [0.5, 0.6) is 0 Å². The fourth-order valence-electron chi connectivity index (χ4n) is 3.50. The van der Waals surface area contributed by atoms with E-state index in [1.165, 1.54) is 29.2 Å². The molecule has 0 saturated carbocycles. The van der Waals surface area contributed by atoms with Crippen LogP contribution in [0.4, 0.5) is 26.3 Å². The Hall–Kier alpha value is -2.31. The highest BCUT2D eigenvalue weighted by Gasteiger charge is 2.41. The number of amides is 1. The highest BCUT2D eigenvalue weighted by atomic mass is 35.5. The van der Waals surface area contributed by atoms with E-state index < -0.39 is 36.1 Å². The van der Waals surface area contributed by atoms with Gasteiger partial charge in [0.15, 0.2) is 5.69 Å². The van der Waals surface area contributed by atoms with E-state index in [1.807, 2.05) is 4.90 Å². The Labute approximate surface area is 190 Å². The van der Waals surface area contributed by atoms with Crippen molar-refractivity contribution in [3.05, 3.63) is 46.7 Å². The van der Waals surface area contributed by atoms with Crippen molar-refractivity contribution >= 4 is 17.5 Å². The molecule has 2 heterocycles. The molecule has 0 N–H and O–H groups in total. The van der Waals surface area contributed by atoms with Crippen molar-refractivity contribution < 1.29 is 35.9 Å². The maximum absolute atomic E-state index is 13.8. The summed E-state index contributed by atoms with van der Waals surface area (Å²) < 4.78 is 82.9. The zero-order valence-corrected chi connectivity index (χ0v) is 18.1. The van der Waals surface area contributed by atoms with Crippen molar-refractivity contribution in [1.82, 2.24) is 19.6 Å². The lowest BCUT2D eigenvalue weighted by Crippen LogP contribution is -2.49. The van der Waals surface area contributed by atoms with Gasteiger partial charge in [-0.15, -0.1) is 0 Å². The van der Waals surface area contributed by atoms with Crippen LogP contribution in [-0.4, -0.2) is 77.6 Å². The zero-order valence-electron chi connectivity index (χ0n) is 17.3. The SMILES string of the molecule is O=C(c1cnn(-c2cccc(Cl)c2)c1C(F)(F)F)N1CCN(CCCOCC(F)(F)F)CC1. The summed E-state index contributed by atoms with van der Waals surface area (Å²) in [5, 5.41) is 4.01. The molecular weight excluding hydrogens is 478 g/mol. The number of piperazine rings is 1. The first-order chi connectivity index (χ1) is 15.5. The van der Waals surface area contributed by atoms with Crippen molar-refractivity contribution in [1.29, 1.82) is 0 Å². The highest BCUT2D eigenvalue weighted by molar-refractivity contribution is 6.30. The van der Waals surface area contributed by atoms with Gasteiger partial charge in [0.25, 0.3) is 5.91 Å². The van der Waals surface area contributed by atoms with Gasteiger partial charge in [0.05, 0.1) is 17.4 Å². The van der Waals surface area contributed by atoms with Crippen molar-refractivity contribution in [2.24, 2.45) is 0 Å². The summed E-state index contributed by atoms with van der Waals surface area (Å²) in [5.74, 6) is -0.788. The molecule has 0 aliphatic carbocycles. The summed E-state index contributed by atoms with van der Waals surface area (Å²) in [7, 11) is 0. The lowest BCUT2D eigenvalue weighted by Gasteiger charge is -2.34. The van der Waals surface area contributed by atoms with Crippen molar-refractivity contribution in [2.75, 3.05) is 45.9 Å². The molecule has 1 saturated heterocycles. The largest absolute Gasteiger partial charge is 0.434 e. The molecule has 0 bridgehead atoms. The number of ether oxygens (including phenoxy) is 1. The summed E-state index contributed by atoms with van der Waals surface area (Å²) in [6.07, 6.45) is -7.94. The molecule has 2 aromatic rings. The highest BCUT2D eigenvalue weighted by Crippen LogP contribution is 2.34. The van der Waals surface area contributed by atoms with Crippen LogP contribution in [0.1, 0.15) is 22.5 Å². The molecule has 1 aliphatic rings. The number of hydrogen-bond donors (Lipinski definition) is 0. The van der Waals surface area contributed by atoms with Crippen molar-refractivity contribution in [2.45, 2.75) is 18.8 Å².